The van der Waals surface area contributed by atoms with Crippen molar-refractivity contribution in [2.45, 2.75) is 38.9 Å². The summed E-state index contributed by atoms with van der Waals surface area (Å²) in [7, 11) is 5.60. The minimum Gasteiger partial charge on any atom is -0.507 e. The van der Waals surface area contributed by atoms with E-state index in [1.807, 2.05) is 6.92 Å². The summed E-state index contributed by atoms with van der Waals surface area (Å²) >= 11 is 0. The molecule has 3 nitrogen and oxygen atoms in total. The van der Waals surface area contributed by atoms with Crippen molar-refractivity contribution in [3.05, 3.63) is 28.8 Å². The third-order valence-corrected chi connectivity index (χ3v) is 5.50. The molecule has 0 spiro atoms. The first kappa shape index (κ1) is 16.8. The van der Waals surface area contributed by atoms with Crippen molar-refractivity contribution in [3.63, 3.8) is 0 Å². The van der Waals surface area contributed by atoms with Gasteiger partial charge in [0.1, 0.15) is 5.75 Å². The van der Waals surface area contributed by atoms with Crippen LogP contribution in [-0.2, 0) is 12.8 Å². The van der Waals surface area contributed by atoms with Gasteiger partial charge in [-0.2, -0.15) is 0 Å². The quantitative estimate of drug-likeness (QED) is 0.791. The van der Waals surface area contributed by atoms with Crippen molar-refractivity contribution in [2.24, 2.45) is 11.8 Å². The number of hydrogen-bond acceptors (Lipinski definition) is 3. The van der Waals surface area contributed by atoms with Crippen LogP contribution in [0.3, 0.4) is 0 Å². The number of nitrogens with zero attached hydrogens (tertiary/aromatic N) is 1. The molecule has 3 rings (SSSR count). The predicted molar refractivity (Wildman–Crippen MR) is 96.3 cm³/mol. The molecule has 124 valence electrons. The Morgan fingerprint density at radius 2 is 2.04 bits per heavy atom. The third-order valence-electron chi connectivity index (χ3n) is 5.50. The Bertz CT molecular complexity index is 522. The van der Waals surface area contributed by atoms with Crippen LogP contribution in [0.4, 0.5) is 0 Å². The van der Waals surface area contributed by atoms with Gasteiger partial charge in [-0.3, -0.25) is 0 Å². The fraction of sp³-hybridized carbons (Fsp3) is 0.684. The predicted octanol–water partition coefficient (Wildman–Crippen LogP) is 2.30. The summed E-state index contributed by atoms with van der Waals surface area (Å²) in [6.07, 6.45) is 5.13. The molecular formula is C19H29BN2O. The average Bonchev–Trinajstić information content (AvgIpc) is 2.53. The van der Waals surface area contributed by atoms with Crippen molar-refractivity contribution in [1.29, 1.82) is 0 Å². The van der Waals surface area contributed by atoms with E-state index in [2.05, 4.69) is 22.3 Å². The molecule has 2 aliphatic heterocycles. The van der Waals surface area contributed by atoms with Crippen molar-refractivity contribution in [3.8, 4) is 5.75 Å². The van der Waals surface area contributed by atoms with Crippen LogP contribution >= 0.6 is 0 Å². The lowest BCUT2D eigenvalue weighted by atomic mass is 9.87. The van der Waals surface area contributed by atoms with Gasteiger partial charge in [0.2, 0.25) is 0 Å². The molecule has 0 amide bonds. The highest BCUT2D eigenvalue weighted by molar-refractivity contribution is 6.08. The molecule has 2 heterocycles. The molecule has 0 aromatic heterocycles. The Kier molecular flexibility index (Phi) is 5.65. The van der Waals surface area contributed by atoms with Crippen LogP contribution in [0, 0.1) is 18.8 Å². The van der Waals surface area contributed by atoms with Crippen molar-refractivity contribution >= 4 is 7.85 Å². The zero-order valence-corrected chi connectivity index (χ0v) is 14.4. The highest BCUT2D eigenvalue weighted by Crippen LogP contribution is 2.30. The van der Waals surface area contributed by atoms with Crippen molar-refractivity contribution in [2.75, 3.05) is 32.7 Å². The normalized spacial score (nSPS) is 22.9. The van der Waals surface area contributed by atoms with E-state index in [0.717, 1.165) is 35.8 Å². The van der Waals surface area contributed by atoms with Gasteiger partial charge in [-0.05, 0) is 74.2 Å². The molecule has 23 heavy (non-hydrogen) atoms. The van der Waals surface area contributed by atoms with Crippen LogP contribution in [0.5, 0.6) is 5.75 Å². The molecule has 0 bridgehead atoms. The van der Waals surface area contributed by atoms with E-state index >= 15 is 0 Å². The number of phenols is 1. The lowest BCUT2D eigenvalue weighted by Crippen LogP contribution is -2.51. The number of rotatable bonds is 6. The van der Waals surface area contributed by atoms with Crippen LogP contribution in [0.2, 0.25) is 6.32 Å². The van der Waals surface area contributed by atoms with Crippen LogP contribution < -0.4 is 5.32 Å². The highest BCUT2D eigenvalue weighted by atomic mass is 16.3. The Hall–Kier alpha value is -0.995. The van der Waals surface area contributed by atoms with E-state index < -0.39 is 0 Å². The summed E-state index contributed by atoms with van der Waals surface area (Å²) in [5.41, 5.74) is 3.33. The van der Waals surface area contributed by atoms with Crippen LogP contribution in [0.1, 0.15) is 29.5 Å². The molecule has 2 N–H and O–H groups in total. The number of phenolic OH excluding ortho intramolecular Hbond substituents is 1. The molecule has 2 fully saturated rings. The summed E-state index contributed by atoms with van der Waals surface area (Å²) in [4.78, 5) is 2.60. The maximum atomic E-state index is 10.3. The number of aryl methyl sites for hydroxylation is 1. The molecule has 1 unspecified atom stereocenters. The van der Waals surface area contributed by atoms with Gasteiger partial charge in [-0.25, -0.2) is 0 Å². The first-order valence-corrected chi connectivity index (χ1v) is 9.10. The minimum atomic E-state index is 0.456. The number of piperidine rings is 1. The Labute approximate surface area is 141 Å². The SMILES string of the molecule is [B]CCc1ccc(CC2CN(CC3CCCNC3)C2)c(C)c1O. The van der Waals surface area contributed by atoms with Gasteiger partial charge in [0.25, 0.3) is 0 Å². The molecule has 2 saturated heterocycles. The third kappa shape index (κ3) is 4.10. The van der Waals surface area contributed by atoms with E-state index in [1.165, 1.54) is 51.1 Å². The van der Waals surface area contributed by atoms with Gasteiger partial charge in [-0.15, -0.1) is 0 Å². The van der Waals surface area contributed by atoms with E-state index in [0.29, 0.717) is 12.1 Å². The molecule has 4 heteroatoms. The van der Waals surface area contributed by atoms with E-state index in [9.17, 15) is 5.11 Å². The average molecular weight is 312 g/mol. The summed E-state index contributed by atoms with van der Waals surface area (Å²) < 4.78 is 0. The minimum absolute atomic E-state index is 0.456. The summed E-state index contributed by atoms with van der Waals surface area (Å²) in [6.45, 7) is 8.10. The van der Waals surface area contributed by atoms with Gasteiger partial charge >= 0.3 is 0 Å². The van der Waals surface area contributed by atoms with Gasteiger partial charge in [-0.1, -0.05) is 18.5 Å². The summed E-state index contributed by atoms with van der Waals surface area (Å²) in [5.74, 6) is 2.04. The lowest BCUT2D eigenvalue weighted by Gasteiger charge is -2.42. The lowest BCUT2D eigenvalue weighted by molar-refractivity contribution is 0.0760. The number of nitrogens with one attached hydrogen (secondary N) is 1. The molecule has 2 radical (unpaired) electrons. The first-order valence-electron chi connectivity index (χ1n) is 9.10. The maximum Gasteiger partial charge on any atom is 0.121 e. The number of likely N-dealkylation sites (tertiary alicyclic amines) is 1. The number of aromatic hydroxyl groups is 1. The summed E-state index contributed by atoms with van der Waals surface area (Å²) in [5, 5.41) is 13.8. The zero-order chi connectivity index (χ0) is 16.2. The second-order valence-electron chi connectivity index (χ2n) is 7.40. The number of hydrogen-bond donors (Lipinski definition) is 2. The zero-order valence-electron chi connectivity index (χ0n) is 14.4. The van der Waals surface area contributed by atoms with Gasteiger partial charge in [0.05, 0.1) is 7.85 Å². The Morgan fingerprint density at radius 3 is 2.74 bits per heavy atom. The Balaban J connectivity index is 1.48. The Morgan fingerprint density at radius 1 is 1.26 bits per heavy atom. The summed E-state index contributed by atoms with van der Waals surface area (Å²) in [6, 6.07) is 4.24. The van der Waals surface area contributed by atoms with E-state index in [-0.39, 0.29) is 0 Å². The van der Waals surface area contributed by atoms with Crippen LogP contribution in [-0.4, -0.2) is 50.6 Å². The standard InChI is InChI=1S/C19H29BN2O/c1-14-18(5-4-17(6-7-20)19(14)23)9-16-12-22(13-16)11-15-3-2-8-21-10-15/h4-5,15-16,21,23H,2-3,6-13H2,1H3. The smallest absolute Gasteiger partial charge is 0.121 e. The first-order chi connectivity index (χ1) is 11.2. The highest BCUT2D eigenvalue weighted by Gasteiger charge is 2.29. The van der Waals surface area contributed by atoms with Crippen LogP contribution in [0.15, 0.2) is 12.1 Å². The van der Waals surface area contributed by atoms with Gasteiger partial charge in [0, 0.05) is 19.6 Å². The number of benzene rings is 1. The topological polar surface area (TPSA) is 35.5 Å². The van der Waals surface area contributed by atoms with Crippen molar-refractivity contribution < 1.29 is 5.11 Å². The van der Waals surface area contributed by atoms with Crippen LogP contribution in [0.25, 0.3) is 0 Å². The monoisotopic (exact) mass is 312 g/mol. The molecular weight excluding hydrogens is 283 g/mol. The van der Waals surface area contributed by atoms with E-state index in [1.54, 1.807) is 0 Å². The second-order valence-corrected chi connectivity index (χ2v) is 7.40. The fourth-order valence-corrected chi connectivity index (χ4v) is 4.09. The van der Waals surface area contributed by atoms with Gasteiger partial charge in [0.15, 0.2) is 0 Å². The van der Waals surface area contributed by atoms with Gasteiger partial charge < -0.3 is 15.3 Å². The fourth-order valence-electron chi connectivity index (χ4n) is 4.09. The molecule has 0 saturated carbocycles. The second kappa shape index (κ2) is 7.72. The molecule has 0 aliphatic carbocycles. The molecule has 2 aliphatic rings. The molecule has 1 aromatic carbocycles. The molecule has 1 atom stereocenters. The maximum absolute atomic E-state index is 10.3. The largest absolute Gasteiger partial charge is 0.507 e. The van der Waals surface area contributed by atoms with Crippen molar-refractivity contribution in [1.82, 2.24) is 10.2 Å². The van der Waals surface area contributed by atoms with E-state index in [4.69, 9.17) is 7.85 Å². The molecule has 1 aromatic rings.